The number of nitrogens with one attached hydrogen (secondary N) is 2. The first-order valence-electron chi connectivity index (χ1n) is 8.47. The maximum absolute atomic E-state index is 12.5. The number of carbonyl (C=O) groups excluding carboxylic acids is 1. The summed E-state index contributed by atoms with van der Waals surface area (Å²) in [6, 6.07) is 13.3. The van der Waals surface area contributed by atoms with Crippen LogP contribution in [0.15, 0.2) is 53.4 Å². The maximum atomic E-state index is 12.5. The Kier molecular flexibility index (Phi) is 7.20. The van der Waals surface area contributed by atoms with E-state index in [0.29, 0.717) is 17.0 Å². The fourth-order valence-corrected chi connectivity index (χ4v) is 3.48. The molecule has 7 heteroatoms. The molecule has 1 atom stereocenters. The van der Waals surface area contributed by atoms with Gasteiger partial charge in [0.15, 0.2) is 0 Å². The minimum absolute atomic E-state index is 0.0280. The van der Waals surface area contributed by atoms with Crippen LogP contribution in [0, 0.1) is 0 Å². The number of amides is 1. The standard InChI is InChI=1S/C19H23ClN2O3S/c1-3-14(2)22-19(23)16-5-4-6-18(13-16)26(24,25)21-12-11-15-7-9-17(20)10-8-15/h4-10,13-14,21H,3,11-12H2,1-2H3,(H,22,23). The zero-order chi connectivity index (χ0) is 19.2. The summed E-state index contributed by atoms with van der Waals surface area (Å²) in [6.45, 7) is 4.13. The van der Waals surface area contributed by atoms with E-state index in [0.717, 1.165) is 12.0 Å². The molecule has 0 spiro atoms. The van der Waals surface area contributed by atoms with Crippen LogP contribution in [0.2, 0.25) is 5.02 Å². The number of rotatable bonds is 8. The molecule has 0 radical (unpaired) electrons. The first kappa shape index (κ1) is 20.4. The van der Waals surface area contributed by atoms with E-state index in [1.807, 2.05) is 26.0 Å². The second-order valence-electron chi connectivity index (χ2n) is 6.08. The summed E-state index contributed by atoms with van der Waals surface area (Å²) in [6.07, 6.45) is 1.35. The summed E-state index contributed by atoms with van der Waals surface area (Å²) in [5, 5.41) is 3.47. The van der Waals surface area contributed by atoms with E-state index in [1.165, 1.54) is 12.1 Å². The van der Waals surface area contributed by atoms with E-state index in [-0.39, 0.29) is 23.4 Å². The van der Waals surface area contributed by atoms with E-state index in [4.69, 9.17) is 11.6 Å². The van der Waals surface area contributed by atoms with Crippen molar-refractivity contribution in [3.8, 4) is 0 Å². The van der Waals surface area contributed by atoms with Crippen molar-refractivity contribution in [1.82, 2.24) is 10.0 Å². The van der Waals surface area contributed by atoms with Gasteiger partial charge in [0, 0.05) is 23.2 Å². The van der Waals surface area contributed by atoms with Crippen molar-refractivity contribution in [3.63, 3.8) is 0 Å². The van der Waals surface area contributed by atoms with Crippen molar-refractivity contribution in [2.45, 2.75) is 37.6 Å². The molecule has 0 fully saturated rings. The summed E-state index contributed by atoms with van der Waals surface area (Å²) in [7, 11) is -3.68. The minimum atomic E-state index is -3.68. The van der Waals surface area contributed by atoms with Crippen LogP contribution in [0.25, 0.3) is 0 Å². The van der Waals surface area contributed by atoms with Gasteiger partial charge in [-0.1, -0.05) is 36.7 Å². The zero-order valence-electron chi connectivity index (χ0n) is 14.8. The van der Waals surface area contributed by atoms with Gasteiger partial charge in [-0.15, -0.1) is 0 Å². The Morgan fingerprint density at radius 1 is 1.15 bits per heavy atom. The maximum Gasteiger partial charge on any atom is 0.251 e. The molecule has 26 heavy (non-hydrogen) atoms. The van der Waals surface area contributed by atoms with E-state index >= 15 is 0 Å². The van der Waals surface area contributed by atoms with Crippen molar-refractivity contribution >= 4 is 27.5 Å². The SMILES string of the molecule is CCC(C)NC(=O)c1cccc(S(=O)(=O)NCCc2ccc(Cl)cc2)c1. The molecule has 140 valence electrons. The Morgan fingerprint density at radius 3 is 2.50 bits per heavy atom. The number of sulfonamides is 1. The number of carbonyl (C=O) groups is 1. The number of benzene rings is 2. The quantitative estimate of drug-likeness (QED) is 0.720. The van der Waals surface area contributed by atoms with Crippen molar-refractivity contribution in [3.05, 3.63) is 64.7 Å². The normalized spacial score (nSPS) is 12.6. The highest BCUT2D eigenvalue weighted by Gasteiger charge is 2.16. The zero-order valence-corrected chi connectivity index (χ0v) is 16.4. The van der Waals surface area contributed by atoms with Crippen molar-refractivity contribution in [2.24, 2.45) is 0 Å². The molecular weight excluding hydrogens is 372 g/mol. The molecule has 0 aliphatic rings. The first-order valence-corrected chi connectivity index (χ1v) is 10.3. The lowest BCUT2D eigenvalue weighted by Gasteiger charge is -2.12. The van der Waals surface area contributed by atoms with Crippen LogP contribution in [-0.2, 0) is 16.4 Å². The van der Waals surface area contributed by atoms with Crippen LogP contribution < -0.4 is 10.0 Å². The van der Waals surface area contributed by atoms with Gasteiger partial charge in [-0.3, -0.25) is 4.79 Å². The van der Waals surface area contributed by atoms with Gasteiger partial charge in [-0.25, -0.2) is 13.1 Å². The van der Waals surface area contributed by atoms with Gasteiger partial charge >= 0.3 is 0 Å². The van der Waals surface area contributed by atoms with Gasteiger partial charge < -0.3 is 5.32 Å². The molecule has 0 heterocycles. The molecule has 0 bridgehead atoms. The highest BCUT2D eigenvalue weighted by atomic mass is 35.5. The van der Waals surface area contributed by atoms with Crippen molar-refractivity contribution in [1.29, 1.82) is 0 Å². The average molecular weight is 395 g/mol. The summed E-state index contributed by atoms with van der Waals surface area (Å²) in [5.74, 6) is -0.280. The predicted octanol–water partition coefficient (Wildman–Crippen LogP) is 3.39. The highest BCUT2D eigenvalue weighted by Crippen LogP contribution is 2.13. The third-order valence-electron chi connectivity index (χ3n) is 4.02. The van der Waals surface area contributed by atoms with Gasteiger partial charge in [0.1, 0.15) is 0 Å². The Balaban J connectivity index is 2.02. The summed E-state index contributed by atoms with van der Waals surface area (Å²) in [4.78, 5) is 12.3. The molecule has 0 saturated heterocycles. The topological polar surface area (TPSA) is 75.3 Å². The Labute approximate surface area is 159 Å². The molecule has 0 saturated carbocycles. The Hall–Kier alpha value is -1.89. The second-order valence-corrected chi connectivity index (χ2v) is 8.29. The van der Waals surface area contributed by atoms with E-state index in [2.05, 4.69) is 10.0 Å². The van der Waals surface area contributed by atoms with Crippen LogP contribution >= 0.6 is 11.6 Å². The molecule has 2 N–H and O–H groups in total. The van der Waals surface area contributed by atoms with Gasteiger partial charge in [-0.2, -0.15) is 0 Å². The van der Waals surface area contributed by atoms with Crippen molar-refractivity contribution < 1.29 is 13.2 Å². The first-order chi connectivity index (χ1) is 12.3. The summed E-state index contributed by atoms with van der Waals surface area (Å²) in [5.41, 5.74) is 1.31. The van der Waals surface area contributed by atoms with Crippen LogP contribution in [0.3, 0.4) is 0 Å². The fraction of sp³-hybridized carbons (Fsp3) is 0.316. The largest absolute Gasteiger partial charge is 0.350 e. The smallest absolute Gasteiger partial charge is 0.251 e. The van der Waals surface area contributed by atoms with E-state index in [1.54, 1.807) is 24.3 Å². The summed E-state index contributed by atoms with van der Waals surface area (Å²) >= 11 is 5.84. The van der Waals surface area contributed by atoms with Crippen LogP contribution in [-0.4, -0.2) is 26.9 Å². The Bertz CT molecular complexity index is 851. The number of hydrogen-bond donors (Lipinski definition) is 2. The third-order valence-corrected chi connectivity index (χ3v) is 5.73. The van der Waals surface area contributed by atoms with Gasteiger partial charge in [0.05, 0.1) is 4.90 Å². The van der Waals surface area contributed by atoms with Gasteiger partial charge in [0.25, 0.3) is 5.91 Å². The van der Waals surface area contributed by atoms with Gasteiger partial charge in [-0.05, 0) is 55.7 Å². The molecule has 5 nitrogen and oxygen atoms in total. The van der Waals surface area contributed by atoms with E-state index < -0.39 is 10.0 Å². The highest BCUT2D eigenvalue weighted by molar-refractivity contribution is 7.89. The van der Waals surface area contributed by atoms with Crippen LogP contribution in [0.1, 0.15) is 36.2 Å². The lowest BCUT2D eigenvalue weighted by atomic mass is 10.2. The van der Waals surface area contributed by atoms with Crippen molar-refractivity contribution in [2.75, 3.05) is 6.54 Å². The minimum Gasteiger partial charge on any atom is -0.350 e. The average Bonchev–Trinajstić information content (AvgIpc) is 2.63. The second kappa shape index (κ2) is 9.16. The van der Waals surface area contributed by atoms with Crippen LogP contribution in [0.5, 0.6) is 0 Å². The number of hydrogen-bond acceptors (Lipinski definition) is 3. The molecule has 2 aromatic rings. The third kappa shape index (κ3) is 5.83. The molecule has 2 aromatic carbocycles. The lowest BCUT2D eigenvalue weighted by molar-refractivity contribution is 0.0939. The molecule has 1 unspecified atom stereocenters. The lowest BCUT2D eigenvalue weighted by Crippen LogP contribution is -2.32. The molecule has 1 amide bonds. The molecule has 0 aliphatic carbocycles. The van der Waals surface area contributed by atoms with E-state index in [9.17, 15) is 13.2 Å². The molecule has 2 rings (SSSR count). The molecule has 0 aliphatic heterocycles. The number of halogens is 1. The fourth-order valence-electron chi connectivity index (χ4n) is 2.28. The molecule has 0 aromatic heterocycles. The summed E-state index contributed by atoms with van der Waals surface area (Å²) < 4.78 is 27.5. The Morgan fingerprint density at radius 2 is 1.85 bits per heavy atom. The predicted molar refractivity (Wildman–Crippen MR) is 104 cm³/mol. The monoisotopic (exact) mass is 394 g/mol. The molecular formula is C19H23ClN2O3S. The van der Waals surface area contributed by atoms with Crippen LogP contribution in [0.4, 0.5) is 0 Å². The van der Waals surface area contributed by atoms with Gasteiger partial charge in [0.2, 0.25) is 10.0 Å².